The van der Waals surface area contributed by atoms with E-state index in [1.807, 2.05) is 0 Å². The Bertz CT molecular complexity index is 5980. The summed E-state index contributed by atoms with van der Waals surface area (Å²) >= 11 is 0. The number of halogens is 2. The Balaban J connectivity index is 0.000000117. The van der Waals surface area contributed by atoms with Crippen LogP contribution in [-0.2, 0) is 55.8 Å². The molecule has 4 saturated carbocycles. The molecular weight excluding hydrogens is 1740 g/mol. The number of rotatable bonds is 23. The molecule has 12 aromatic rings. The van der Waals surface area contributed by atoms with E-state index in [9.17, 15) is 8.78 Å². The van der Waals surface area contributed by atoms with Crippen LogP contribution in [0.25, 0.3) is 44.1 Å². The molecule has 722 valence electrons. The molecular formula is C104H128F2N22O9. The molecule has 31 nitrogen and oxygen atoms in total. The number of nitrogens with zero attached hydrogens (tertiary/aromatic N) is 22. The SMILES string of the molecule is CCOC1CCN(c2cc(CC3CCC(Oc4cc(N5CCOCC5)cc5nccnc45)CC3)ncn2)CC1.CN1CCc2c(CC3CCC(Oc4cc(N5CCOCC5)cc5nccnc45)CC3)ncnc21.Cc1nc(CC2CCC(Oc3cc(N4CCOCC4)cc4nccnc34)CC2)ncc1F.Cc1ncnc(CC2CCC(Oc3cc(N4CCOCC4)cc4nccnc34)CC2)c1F. The third-order valence-electron chi connectivity index (χ3n) is 28.8. The number of piperidine rings is 1. The maximum atomic E-state index is 14.3. The molecule has 0 bridgehead atoms. The predicted molar refractivity (Wildman–Crippen MR) is 522 cm³/mol. The fourth-order valence-corrected chi connectivity index (χ4v) is 21.1. The molecule has 5 saturated heterocycles. The van der Waals surface area contributed by atoms with Crippen molar-refractivity contribution in [1.29, 1.82) is 0 Å². The molecule has 6 aliphatic heterocycles. The number of hydrogen-bond acceptors (Lipinski definition) is 31. The van der Waals surface area contributed by atoms with Crippen LogP contribution < -0.4 is 48.3 Å². The van der Waals surface area contributed by atoms with Crippen LogP contribution in [0.3, 0.4) is 0 Å². The van der Waals surface area contributed by atoms with Gasteiger partial charge in [0.1, 0.15) is 81.5 Å². The third-order valence-corrected chi connectivity index (χ3v) is 28.8. The largest absolute Gasteiger partial charge is 0.488 e. The van der Waals surface area contributed by atoms with Crippen molar-refractivity contribution in [2.24, 2.45) is 23.7 Å². The number of aromatic nitrogens is 16. The number of morpholine rings is 4. The highest BCUT2D eigenvalue weighted by atomic mass is 19.1. The van der Waals surface area contributed by atoms with Crippen LogP contribution in [0, 0.1) is 49.2 Å². The third kappa shape index (κ3) is 24.1. The van der Waals surface area contributed by atoms with Crippen molar-refractivity contribution in [1.82, 2.24) is 79.7 Å². The van der Waals surface area contributed by atoms with E-state index in [2.05, 4.69) is 178 Å². The van der Waals surface area contributed by atoms with Gasteiger partial charge in [-0.2, -0.15) is 0 Å². The highest BCUT2D eigenvalue weighted by Gasteiger charge is 2.34. The summed E-state index contributed by atoms with van der Waals surface area (Å²) in [7, 11) is 2.12. The zero-order valence-electron chi connectivity index (χ0n) is 79.5. The first kappa shape index (κ1) is 94.2. The average molecular weight is 1870 g/mol. The lowest BCUT2D eigenvalue weighted by molar-refractivity contribution is 0.0458. The number of aryl methyl sites for hydroxylation is 2. The summed E-state index contributed by atoms with van der Waals surface area (Å²) in [6, 6.07) is 19.1. The second-order valence-electron chi connectivity index (χ2n) is 38.0. The van der Waals surface area contributed by atoms with Crippen LogP contribution >= 0.6 is 0 Å². The topological polar surface area (TPSA) is 309 Å². The van der Waals surface area contributed by atoms with E-state index in [0.29, 0.717) is 53.3 Å². The van der Waals surface area contributed by atoms with E-state index in [0.717, 1.165) is 386 Å². The monoisotopic (exact) mass is 1870 g/mol. The molecule has 0 unspecified atom stereocenters. The molecule has 0 N–H and O–H groups in total. The van der Waals surface area contributed by atoms with Crippen LogP contribution in [0.4, 0.5) is 43.2 Å². The van der Waals surface area contributed by atoms with E-state index >= 15 is 0 Å². The maximum absolute atomic E-state index is 14.3. The van der Waals surface area contributed by atoms with Crippen LogP contribution in [0.2, 0.25) is 0 Å². The molecule has 0 radical (unpaired) electrons. The summed E-state index contributed by atoms with van der Waals surface area (Å²) < 4.78 is 81.8. The number of hydrogen-bond donors (Lipinski definition) is 0. The number of ether oxygens (including phenoxy) is 9. The van der Waals surface area contributed by atoms with E-state index < -0.39 is 0 Å². The van der Waals surface area contributed by atoms with Crippen molar-refractivity contribution in [2.75, 3.05) is 168 Å². The lowest BCUT2D eigenvalue weighted by atomic mass is 9.83. The summed E-state index contributed by atoms with van der Waals surface area (Å²) in [5, 5.41) is 0. The van der Waals surface area contributed by atoms with Gasteiger partial charge in [0.15, 0.2) is 11.6 Å². The number of fused-ring (bicyclic) bond motifs is 5. The molecule has 33 heteroatoms. The van der Waals surface area contributed by atoms with E-state index in [-0.39, 0.29) is 36.1 Å². The van der Waals surface area contributed by atoms with Crippen molar-refractivity contribution in [3.05, 3.63) is 181 Å². The lowest BCUT2D eigenvalue weighted by Gasteiger charge is -2.33. The van der Waals surface area contributed by atoms with Crippen molar-refractivity contribution in [3.63, 3.8) is 0 Å². The molecule has 8 aromatic heterocycles. The first-order valence-electron chi connectivity index (χ1n) is 49.9. The molecule has 137 heavy (non-hydrogen) atoms. The van der Waals surface area contributed by atoms with Gasteiger partial charge in [-0.3, -0.25) is 19.9 Å². The fraction of sp³-hybridized carbons (Fsp3) is 0.538. The molecule has 14 heterocycles. The first-order chi connectivity index (χ1) is 67.3. The van der Waals surface area contributed by atoms with Gasteiger partial charge in [0, 0.05) is 212 Å². The standard InChI is InChI=1S/C30H40N6O3.C26H32N6O2.2C24H28FN5O2/c1-2-38-25-7-11-36(12-8-25)29-18-23(33-21-34-29)17-22-3-5-26(6-4-22)39-28-20-24(35-13-15-37-16-14-35)19-27-30(28)32-10-9-31-27;1-31-9-6-21-22(29-17-30-26(21)31)14-18-2-4-20(5-3-18)34-24-16-19(32-10-12-33-13-11-32)15-23-25(24)28-8-7-27-23;1-16-20(25)15-28-23(29-16)12-17-2-4-19(5-3-17)32-22-14-18(30-8-10-31-11-9-30)13-21-24(22)27-7-6-26-21;1-16-23(25)20(29-15-28-16)12-17-2-4-19(5-3-17)32-22-14-18(30-8-10-31-11-9-30)13-21-24(22)27-7-6-26-21/h9-10,18-22,25-26H,2-8,11-17H2,1H3;7-8,15-18,20H,2-6,9-14H2,1H3;2*6-7,13-15,17,19H,2-5,8-12H2,1H3. The Hall–Kier alpha value is -11.8. The quantitative estimate of drug-likeness (QED) is 0.0574. The minimum atomic E-state index is -0.347. The minimum Gasteiger partial charge on any atom is -0.488 e. The normalized spacial score (nSPS) is 22.2. The minimum absolute atomic E-state index is 0.119. The van der Waals surface area contributed by atoms with Crippen LogP contribution in [0.1, 0.15) is 162 Å². The zero-order chi connectivity index (χ0) is 93.2. The highest BCUT2D eigenvalue weighted by molar-refractivity contribution is 5.88. The number of benzene rings is 4. The van der Waals surface area contributed by atoms with E-state index in [1.165, 1.54) is 23.8 Å². The van der Waals surface area contributed by atoms with Crippen molar-refractivity contribution in [2.45, 2.75) is 199 Å². The van der Waals surface area contributed by atoms with E-state index in [1.54, 1.807) is 76.1 Å². The predicted octanol–water partition coefficient (Wildman–Crippen LogP) is 15.6. The van der Waals surface area contributed by atoms with Gasteiger partial charge in [0.25, 0.3) is 0 Å². The Morgan fingerprint density at radius 3 is 1.12 bits per heavy atom. The fourth-order valence-electron chi connectivity index (χ4n) is 21.1. The highest BCUT2D eigenvalue weighted by Crippen LogP contribution is 2.42. The van der Waals surface area contributed by atoms with Gasteiger partial charge in [-0.15, -0.1) is 0 Å². The average Bonchev–Trinajstić information content (AvgIpc) is 1.79. The zero-order valence-corrected chi connectivity index (χ0v) is 79.5. The van der Waals surface area contributed by atoms with Gasteiger partial charge < -0.3 is 72.0 Å². The van der Waals surface area contributed by atoms with Gasteiger partial charge in [0.2, 0.25) is 0 Å². The molecule has 4 aliphatic carbocycles. The molecule has 9 fully saturated rings. The Morgan fingerprint density at radius 2 is 0.715 bits per heavy atom. The van der Waals surface area contributed by atoms with Crippen LogP contribution in [-0.4, -0.2) is 249 Å². The van der Waals surface area contributed by atoms with Gasteiger partial charge >= 0.3 is 0 Å². The number of likely N-dealkylation sites (N-methyl/N-ethyl adjacent to an activating group) is 1. The van der Waals surface area contributed by atoms with Crippen LogP contribution in [0.15, 0.2) is 129 Å². The van der Waals surface area contributed by atoms with Crippen LogP contribution in [0.5, 0.6) is 23.0 Å². The maximum Gasteiger partial charge on any atom is 0.165 e. The Labute approximate surface area is 799 Å². The second-order valence-corrected chi connectivity index (χ2v) is 38.0. The molecule has 0 spiro atoms. The molecule has 0 atom stereocenters. The van der Waals surface area contributed by atoms with Gasteiger partial charge in [-0.25, -0.2) is 68.6 Å². The number of anilines is 6. The van der Waals surface area contributed by atoms with Crippen molar-refractivity contribution < 1.29 is 51.4 Å². The van der Waals surface area contributed by atoms with Crippen molar-refractivity contribution >= 4 is 78.5 Å². The summed E-state index contributed by atoms with van der Waals surface area (Å²) in [4.78, 5) is 85.3. The lowest BCUT2D eigenvalue weighted by Crippen LogP contribution is -2.37. The summed E-state index contributed by atoms with van der Waals surface area (Å²) in [6.45, 7) is 22.2. The summed E-state index contributed by atoms with van der Waals surface area (Å²) in [6.07, 6.45) is 44.4. The van der Waals surface area contributed by atoms with Gasteiger partial charge in [-0.1, -0.05) is 0 Å². The van der Waals surface area contributed by atoms with Gasteiger partial charge in [-0.05, 0) is 210 Å². The molecule has 22 rings (SSSR count). The smallest absolute Gasteiger partial charge is 0.165 e. The summed E-state index contributed by atoms with van der Waals surface area (Å²) in [5.41, 5.74) is 16.4. The Kier molecular flexibility index (Phi) is 31.4. The first-order valence-corrected chi connectivity index (χ1v) is 49.9. The summed E-state index contributed by atoms with van der Waals surface area (Å²) in [5.74, 6) is 7.76. The van der Waals surface area contributed by atoms with E-state index in [4.69, 9.17) is 42.6 Å². The van der Waals surface area contributed by atoms with Crippen molar-refractivity contribution in [3.8, 4) is 23.0 Å². The second kappa shape index (κ2) is 45.7. The molecule has 4 aromatic carbocycles. The Morgan fingerprint density at radius 1 is 0.343 bits per heavy atom. The molecule has 10 aliphatic rings. The molecule has 0 amide bonds. The van der Waals surface area contributed by atoms with Gasteiger partial charge in [0.05, 0.1) is 129 Å².